The summed E-state index contributed by atoms with van der Waals surface area (Å²) in [6.07, 6.45) is 5.40. The van der Waals surface area contributed by atoms with Crippen LogP contribution >= 0.6 is 0 Å². The third-order valence-electron chi connectivity index (χ3n) is 5.47. The molecule has 3 aromatic rings. The van der Waals surface area contributed by atoms with E-state index in [0.29, 0.717) is 57.0 Å². The molecule has 1 N–H and O–H groups in total. The number of piperidine rings is 1. The maximum atomic E-state index is 12.6. The van der Waals surface area contributed by atoms with E-state index in [1.807, 2.05) is 41.3 Å². The summed E-state index contributed by atoms with van der Waals surface area (Å²) in [4.78, 5) is 35.2. The van der Waals surface area contributed by atoms with Crippen LogP contribution in [0, 0.1) is 5.92 Å². The second-order valence-corrected chi connectivity index (χ2v) is 7.61. The quantitative estimate of drug-likeness (QED) is 0.632. The Morgan fingerprint density at radius 3 is 2.65 bits per heavy atom. The van der Waals surface area contributed by atoms with Gasteiger partial charge in [0.05, 0.1) is 0 Å². The Balaban J connectivity index is 1.20. The molecule has 0 bridgehead atoms. The standard InChI is InChI=1S/C23H25N5O3/c29-21(9-8-20-26-22(27-31-20)19-7-4-12-24-16-19)28-13-10-18(11-14-28)23(30)25-15-17-5-2-1-3-6-17/h1-7,12,16,18H,8-11,13-15H2,(H,25,30). The topological polar surface area (TPSA) is 101 Å². The van der Waals surface area contributed by atoms with Crippen LogP contribution in [0.4, 0.5) is 0 Å². The number of aryl methyl sites for hydroxylation is 1. The molecule has 1 fully saturated rings. The van der Waals surface area contributed by atoms with Gasteiger partial charge in [-0.3, -0.25) is 14.6 Å². The van der Waals surface area contributed by atoms with Crippen LogP contribution in [0.15, 0.2) is 59.4 Å². The van der Waals surface area contributed by atoms with Gasteiger partial charge in [-0.1, -0.05) is 35.5 Å². The largest absolute Gasteiger partial charge is 0.352 e. The van der Waals surface area contributed by atoms with Crippen molar-refractivity contribution < 1.29 is 14.1 Å². The summed E-state index contributed by atoms with van der Waals surface area (Å²) in [5.74, 6) is 0.958. The number of nitrogens with one attached hydrogen (secondary N) is 1. The first-order valence-electron chi connectivity index (χ1n) is 10.5. The second kappa shape index (κ2) is 9.97. The van der Waals surface area contributed by atoms with Gasteiger partial charge in [-0.25, -0.2) is 0 Å². The van der Waals surface area contributed by atoms with Crippen molar-refractivity contribution in [1.82, 2.24) is 25.3 Å². The fraction of sp³-hybridized carbons (Fsp3) is 0.348. The highest BCUT2D eigenvalue weighted by Crippen LogP contribution is 2.19. The predicted molar refractivity (Wildman–Crippen MR) is 113 cm³/mol. The molecule has 1 aliphatic rings. The summed E-state index contributed by atoms with van der Waals surface area (Å²) in [5, 5.41) is 6.95. The maximum Gasteiger partial charge on any atom is 0.227 e. The van der Waals surface area contributed by atoms with E-state index in [1.54, 1.807) is 18.5 Å². The minimum absolute atomic E-state index is 0.0456. The molecule has 2 amide bonds. The van der Waals surface area contributed by atoms with Gasteiger partial charge < -0.3 is 14.7 Å². The predicted octanol–water partition coefficient (Wildman–Crippen LogP) is 2.62. The van der Waals surface area contributed by atoms with Crippen molar-refractivity contribution in [3.05, 3.63) is 66.3 Å². The van der Waals surface area contributed by atoms with E-state index >= 15 is 0 Å². The highest BCUT2D eigenvalue weighted by Gasteiger charge is 2.27. The van der Waals surface area contributed by atoms with Crippen LogP contribution in [-0.2, 0) is 22.6 Å². The smallest absolute Gasteiger partial charge is 0.227 e. The summed E-state index contributed by atoms with van der Waals surface area (Å²) in [6.45, 7) is 1.71. The van der Waals surface area contributed by atoms with Crippen molar-refractivity contribution in [3.63, 3.8) is 0 Å². The van der Waals surface area contributed by atoms with E-state index in [9.17, 15) is 9.59 Å². The lowest BCUT2D eigenvalue weighted by atomic mass is 9.95. The lowest BCUT2D eigenvalue weighted by molar-refractivity contribution is -0.135. The van der Waals surface area contributed by atoms with E-state index < -0.39 is 0 Å². The van der Waals surface area contributed by atoms with Crippen molar-refractivity contribution in [3.8, 4) is 11.4 Å². The SMILES string of the molecule is O=C(NCc1ccccc1)C1CCN(C(=O)CCc2nc(-c3cccnc3)no2)CC1. The van der Waals surface area contributed by atoms with Gasteiger partial charge in [0.15, 0.2) is 0 Å². The van der Waals surface area contributed by atoms with Crippen LogP contribution in [0.3, 0.4) is 0 Å². The van der Waals surface area contributed by atoms with Crippen LogP contribution in [0.1, 0.15) is 30.7 Å². The second-order valence-electron chi connectivity index (χ2n) is 7.61. The Labute approximate surface area is 180 Å². The molecule has 0 saturated carbocycles. The molecule has 0 spiro atoms. The summed E-state index contributed by atoms with van der Waals surface area (Å²) in [7, 11) is 0. The first-order chi connectivity index (χ1) is 15.2. The molecule has 1 aliphatic heterocycles. The fourth-order valence-corrected chi connectivity index (χ4v) is 3.66. The minimum Gasteiger partial charge on any atom is -0.352 e. The van der Waals surface area contributed by atoms with Crippen molar-refractivity contribution in [2.45, 2.75) is 32.2 Å². The highest BCUT2D eigenvalue weighted by molar-refractivity contribution is 5.80. The Morgan fingerprint density at radius 2 is 1.90 bits per heavy atom. The number of rotatable bonds is 7. The lowest BCUT2D eigenvalue weighted by Gasteiger charge is -2.31. The first kappa shape index (κ1) is 20.7. The van der Waals surface area contributed by atoms with Crippen molar-refractivity contribution in [1.29, 1.82) is 0 Å². The Kier molecular flexibility index (Phi) is 6.66. The van der Waals surface area contributed by atoms with Crippen LogP contribution in [0.5, 0.6) is 0 Å². The number of nitrogens with zero attached hydrogens (tertiary/aromatic N) is 4. The van der Waals surface area contributed by atoms with E-state index in [-0.39, 0.29) is 17.7 Å². The molecule has 4 rings (SSSR count). The molecule has 8 nitrogen and oxygen atoms in total. The molecule has 0 radical (unpaired) electrons. The molecule has 1 saturated heterocycles. The molecular weight excluding hydrogens is 394 g/mol. The third-order valence-corrected chi connectivity index (χ3v) is 5.47. The Morgan fingerprint density at radius 1 is 1.10 bits per heavy atom. The summed E-state index contributed by atoms with van der Waals surface area (Å²) >= 11 is 0. The number of hydrogen-bond donors (Lipinski definition) is 1. The van der Waals surface area contributed by atoms with Crippen LogP contribution < -0.4 is 5.32 Å². The van der Waals surface area contributed by atoms with Gasteiger partial charge in [-0.05, 0) is 30.5 Å². The van der Waals surface area contributed by atoms with Gasteiger partial charge in [0, 0.05) is 56.4 Å². The minimum atomic E-state index is -0.0502. The number of carbonyl (C=O) groups is 2. The lowest BCUT2D eigenvalue weighted by Crippen LogP contribution is -2.43. The van der Waals surface area contributed by atoms with Gasteiger partial charge >= 0.3 is 0 Å². The molecule has 31 heavy (non-hydrogen) atoms. The van der Waals surface area contributed by atoms with Gasteiger partial charge in [0.25, 0.3) is 0 Å². The molecular formula is C23H25N5O3. The number of aromatic nitrogens is 3. The highest BCUT2D eigenvalue weighted by atomic mass is 16.5. The summed E-state index contributed by atoms with van der Waals surface area (Å²) in [5.41, 5.74) is 1.85. The van der Waals surface area contributed by atoms with Crippen LogP contribution in [0.2, 0.25) is 0 Å². The van der Waals surface area contributed by atoms with Gasteiger partial charge in [-0.15, -0.1) is 0 Å². The summed E-state index contributed by atoms with van der Waals surface area (Å²) in [6, 6.07) is 13.5. The maximum absolute atomic E-state index is 12.6. The molecule has 0 aliphatic carbocycles. The van der Waals surface area contributed by atoms with Crippen molar-refractivity contribution in [2.75, 3.05) is 13.1 Å². The fourth-order valence-electron chi connectivity index (χ4n) is 3.66. The zero-order valence-electron chi connectivity index (χ0n) is 17.2. The van der Waals surface area contributed by atoms with E-state index in [2.05, 4.69) is 20.4 Å². The average molecular weight is 419 g/mol. The zero-order chi connectivity index (χ0) is 21.5. The van der Waals surface area contributed by atoms with Crippen molar-refractivity contribution >= 4 is 11.8 Å². The van der Waals surface area contributed by atoms with Gasteiger partial charge in [0.2, 0.25) is 23.5 Å². The van der Waals surface area contributed by atoms with Gasteiger partial charge in [-0.2, -0.15) is 4.98 Å². The molecule has 2 aromatic heterocycles. The molecule has 0 unspecified atom stereocenters. The molecule has 3 heterocycles. The molecule has 8 heteroatoms. The monoisotopic (exact) mass is 419 g/mol. The van der Waals surface area contributed by atoms with Crippen LogP contribution in [0.25, 0.3) is 11.4 Å². The molecule has 1 aromatic carbocycles. The van der Waals surface area contributed by atoms with Crippen molar-refractivity contribution in [2.24, 2.45) is 5.92 Å². The zero-order valence-corrected chi connectivity index (χ0v) is 17.2. The summed E-state index contributed by atoms with van der Waals surface area (Å²) < 4.78 is 5.26. The number of pyridine rings is 1. The third kappa shape index (κ3) is 5.53. The number of amides is 2. The van der Waals surface area contributed by atoms with E-state index in [1.165, 1.54) is 0 Å². The number of carbonyl (C=O) groups excluding carboxylic acids is 2. The normalized spacial score (nSPS) is 14.4. The Bertz CT molecular complexity index is 998. The molecule has 0 atom stereocenters. The first-order valence-corrected chi connectivity index (χ1v) is 10.5. The average Bonchev–Trinajstić information content (AvgIpc) is 3.31. The number of benzene rings is 1. The van der Waals surface area contributed by atoms with Crippen LogP contribution in [-0.4, -0.2) is 44.9 Å². The number of hydrogen-bond acceptors (Lipinski definition) is 6. The Hall–Kier alpha value is -3.55. The van der Waals surface area contributed by atoms with E-state index in [4.69, 9.17) is 4.52 Å². The van der Waals surface area contributed by atoms with Gasteiger partial charge in [0.1, 0.15) is 0 Å². The number of likely N-dealkylation sites (tertiary alicyclic amines) is 1. The van der Waals surface area contributed by atoms with E-state index in [0.717, 1.165) is 11.1 Å². The molecule has 160 valence electrons.